The van der Waals surface area contributed by atoms with Gasteiger partial charge in [-0.3, -0.25) is 4.79 Å². The Morgan fingerprint density at radius 2 is 1.93 bits per heavy atom. The fraction of sp³-hybridized carbons (Fsp3) is 0.917. The molecule has 2 nitrogen and oxygen atoms in total. The first-order valence-corrected chi connectivity index (χ1v) is 5.62. The number of carbonyl (C=O) groups excluding carboxylic acids is 1. The van der Waals surface area contributed by atoms with Crippen LogP contribution < -0.4 is 0 Å². The van der Waals surface area contributed by atoms with Crippen LogP contribution in [0.2, 0.25) is 0 Å². The maximum absolute atomic E-state index is 12.1. The Morgan fingerprint density at radius 1 is 1.29 bits per heavy atom. The minimum atomic E-state index is -0.183. The predicted molar refractivity (Wildman–Crippen MR) is 52.6 cm³/mol. The van der Waals surface area contributed by atoms with Gasteiger partial charge < -0.3 is 5.11 Å². The van der Waals surface area contributed by atoms with Gasteiger partial charge in [-0.05, 0) is 30.1 Å². The lowest BCUT2D eigenvalue weighted by Crippen LogP contribution is -2.39. The second-order valence-electron chi connectivity index (χ2n) is 6.21. The summed E-state index contributed by atoms with van der Waals surface area (Å²) in [7, 11) is 0. The molecule has 3 aliphatic rings. The van der Waals surface area contributed by atoms with Crippen LogP contribution in [-0.2, 0) is 4.79 Å². The number of hydrogen-bond acceptors (Lipinski definition) is 2. The van der Waals surface area contributed by atoms with Crippen molar-refractivity contribution >= 4 is 5.78 Å². The number of fused-ring (bicyclic) bond motifs is 1. The number of hydrogen-bond donors (Lipinski definition) is 1. The van der Waals surface area contributed by atoms with Gasteiger partial charge in [0.25, 0.3) is 0 Å². The number of carbonyl (C=O) groups is 1. The van der Waals surface area contributed by atoms with Crippen molar-refractivity contribution in [2.45, 2.75) is 39.7 Å². The molecule has 0 radical (unpaired) electrons. The van der Waals surface area contributed by atoms with Gasteiger partial charge >= 0.3 is 0 Å². The van der Waals surface area contributed by atoms with Crippen LogP contribution in [0.5, 0.6) is 0 Å². The zero-order valence-electron chi connectivity index (χ0n) is 9.08. The Balaban J connectivity index is 2.05. The topological polar surface area (TPSA) is 37.3 Å². The van der Waals surface area contributed by atoms with Gasteiger partial charge in [-0.1, -0.05) is 20.8 Å². The minimum Gasteiger partial charge on any atom is -0.393 e. The summed E-state index contributed by atoms with van der Waals surface area (Å²) in [5.74, 6) is 1.65. The first-order chi connectivity index (χ1) is 6.40. The van der Waals surface area contributed by atoms with Gasteiger partial charge in [0.1, 0.15) is 5.78 Å². The molecule has 3 saturated carbocycles. The van der Waals surface area contributed by atoms with Gasteiger partial charge in [0.15, 0.2) is 0 Å². The lowest BCUT2D eigenvalue weighted by molar-refractivity contribution is -0.130. The largest absolute Gasteiger partial charge is 0.393 e. The van der Waals surface area contributed by atoms with E-state index in [0.717, 1.165) is 12.8 Å². The molecule has 1 N–H and O–H groups in total. The van der Waals surface area contributed by atoms with Crippen LogP contribution in [0.3, 0.4) is 0 Å². The summed E-state index contributed by atoms with van der Waals surface area (Å²) >= 11 is 0. The fourth-order valence-corrected chi connectivity index (χ4v) is 4.51. The molecule has 0 aromatic heterocycles. The molecule has 0 bridgehead atoms. The SMILES string of the molecule is CC1(C)C(=O)C2C3C[C@H](O)C[C@H]1[C@@]32C. The molecule has 14 heavy (non-hydrogen) atoms. The summed E-state index contributed by atoms with van der Waals surface area (Å²) < 4.78 is 0. The molecule has 0 aromatic rings. The van der Waals surface area contributed by atoms with E-state index < -0.39 is 0 Å². The zero-order valence-corrected chi connectivity index (χ0v) is 9.08. The third kappa shape index (κ3) is 0.690. The Hall–Kier alpha value is -0.370. The van der Waals surface area contributed by atoms with Crippen molar-refractivity contribution in [3.05, 3.63) is 0 Å². The molecule has 0 spiro atoms. The maximum Gasteiger partial charge on any atom is 0.142 e. The Bertz CT molecular complexity index is 320. The molecule has 5 atom stereocenters. The predicted octanol–water partition coefficient (Wildman–Crippen LogP) is 1.62. The van der Waals surface area contributed by atoms with Crippen molar-refractivity contribution < 1.29 is 9.90 Å². The third-order valence-electron chi connectivity index (χ3n) is 5.34. The summed E-state index contributed by atoms with van der Waals surface area (Å²) in [4.78, 5) is 12.1. The third-order valence-corrected chi connectivity index (χ3v) is 5.34. The van der Waals surface area contributed by atoms with Gasteiger partial charge in [-0.15, -0.1) is 0 Å². The van der Waals surface area contributed by atoms with Crippen molar-refractivity contribution in [2.75, 3.05) is 0 Å². The second kappa shape index (κ2) is 2.08. The molecule has 3 rings (SSSR count). The van der Waals surface area contributed by atoms with Gasteiger partial charge in [0, 0.05) is 11.3 Å². The zero-order chi connectivity index (χ0) is 10.3. The van der Waals surface area contributed by atoms with E-state index in [9.17, 15) is 9.90 Å². The van der Waals surface area contributed by atoms with E-state index in [1.165, 1.54) is 0 Å². The molecular formula is C12H18O2. The number of rotatable bonds is 0. The molecule has 0 amide bonds. The highest BCUT2D eigenvalue weighted by molar-refractivity contribution is 5.94. The minimum absolute atomic E-state index is 0.157. The number of aliphatic hydroxyl groups excluding tert-OH is 1. The molecule has 0 aliphatic heterocycles. The van der Waals surface area contributed by atoms with Crippen LogP contribution in [-0.4, -0.2) is 17.0 Å². The van der Waals surface area contributed by atoms with Gasteiger partial charge in [-0.2, -0.15) is 0 Å². The van der Waals surface area contributed by atoms with E-state index in [0.29, 0.717) is 17.6 Å². The van der Waals surface area contributed by atoms with Crippen LogP contribution in [0.4, 0.5) is 0 Å². The van der Waals surface area contributed by atoms with E-state index in [1.54, 1.807) is 0 Å². The van der Waals surface area contributed by atoms with E-state index >= 15 is 0 Å². The van der Waals surface area contributed by atoms with Crippen molar-refractivity contribution in [3.8, 4) is 0 Å². The quantitative estimate of drug-likeness (QED) is 0.636. The van der Waals surface area contributed by atoms with Crippen molar-refractivity contribution in [1.82, 2.24) is 0 Å². The molecule has 3 fully saturated rings. The molecule has 0 heterocycles. The molecule has 0 saturated heterocycles. The summed E-state index contributed by atoms with van der Waals surface area (Å²) in [5.41, 5.74) is 0.0666. The summed E-state index contributed by atoms with van der Waals surface area (Å²) in [6.45, 7) is 6.38. The average molecular weight is 194 g/mol. The first kappa shape index (κ1) is 8.90. The number of aliphatic hydroxyl groups is 1. The fourth-order valence-electron chi connectivity index (χ4n) is 4.51. The van der Waals surface area contributed by atoms with E-state index in [2.05, 4.69) is 20.8 Å². The lowest BCUT2D eigenvalue weighted by Gasteiger charge is -2.39. The molecular weight excluding hydrogens is 176 g/mol. The lowest BCUT2D eigenvalue weighted by atomic mass is 9.66. The molecule has 78 valence electrons. The Morgan fingerprint density at radius 3 is 2.57 bits per heavy atom. The van der Waals surface area contributed by atoms with Gasteiger partial charge in [-0.25, -0.2) is 0 Å². The maximum atomic E-state index is 12.1. The van der Waals surface area contributed by atoms with Crippen molar-refractivity contribution in [2.24, 2.45) is 28.6 Å². The smallest absolute Gasteiger partial charge is 0.142 e. The Labute approximate surface area is 84.7 Å². The average Bonchev–Trinajstić information content (AvgIpc) is 2.63. The van der Waals surface area contributed by atoms with E-state index in [1.807, 2.05) is 0 Å². The summed E-state index contributed by atoms with van der Waals surface area (Å²) in [5, 5.41) is 9.75. The number of ketones is 1. The second-order valence-corrected chi connectivity index (χ2v) is 6.21. The summed E-state index contributed by atoms with van der Waals surface area (Å²) in [6, 6.07) is 0. The molecule has 3 aliphatic carbocycles. The van der Waals surface area contributed by atoms with Crippen LogP contribution in [0, 0.1) is 28.6 Å². The van der Waals surface area contributed by atoms with Gasteiger partial charge in [0.2, 0.25) is 0 Å². The highest BCUT2D eigenvalue weighted by Crippen LogP contribution is 2.78. The highest BCUT2D eigenvalue weighted by atomic mass is 16.3. The monoisotopic (exact) mass is 194 g/mol. The molecule has 0 aromatic carbocycles. The van der Waals surface area contributed by atoms with Crippen molar-refractivity contribution in [3.63, 3.8) is 0 Å². The number of Topliss-reactive ketones (excluding diaryl/α,β-unsaturated/α-hetero) is 1. The normalized spacial score (nSPS) is 58.4. The van der Waals surface area contributed by atoms with Crippen molar-refractivity contribution in [1.29, 1.82) is 0 Å². The highest BCUT2D eigenvalue weighted by Gasteiger charge is 2.79. The van der Waals surface area contributed by atoms with Crippen LogP contribution in [0.15, 0.2) is 0 Å². The standard InChI is InChI=1S/C12H18O2/c1-11(2)8-5-6(13)4-7-9(10(11)14)12(7,8)3/h6-9,13H,4-5H2,1-3H3/t6-,7?,8+,9?,12+/m0/s1. The summed E-state index contributed by atoms with van der Waals surface area (Å²) in [6.07, 6.45) is 1.54. The molecule has 2 unspecified atom stereocenters. The van der Waals surface area contributed by atoms with Gasteiger partial charge in [0.05, 0.1) is 6.10 Å². The van der Waals surface area contributed by atoms with E-state index in [-0.39, 0.29) is 22.9 Å². The van der Waals surface area contributed by atoms with Crippen LogP contribution >= 0.6 is 0 Å². The van der Waals surface area contributed by atoms with E-state index in [4.69, 9.17) is 0 Å². The van der Waals surface area contributed by atoms with Crippen LogP contribution in [0.1, 0.15) is 33.6 Å². The first-order valence-electron chi connectivity index (χ1n) is 5.62. The molecule has 2 heteroatoms. The Kier molecular flexibility index (Phi) is 1.32. The van der Waals surface area contributed by atoms with Crippen LogP contribution in [0.25, 0.3) is 0 Å².